The van der Waals surface area contributed by atoms with Crippen LogP contribution in [0, 0.1) is 0 Å². The highest BCUT2D eigenvalue weighted by molar-refractivity contribution is 7.92. The predicted octanol–water partition coefficient (Wildman–Crippen LogP) is 2.42. The fourth-order valence-electron chi connectivity index (χ4n) is 1.80. The van der Waals surface area contributed by atoms with Crippen LogP contribution in [0.25, 0.3) is 0 Å². The van der Waals surface area contributed by atoms with Gasteiger partial charge < -0.3 is 9.47 Å². The molecule has 2 heterocycles. The summed E-state index contributed by atoms with van der Waals surface area (Å²) in [7, 11) is -1.19. The topological polar surface area (TPSA) is 85.8 Å². The van der Waals surface area contributed by atoms with E-state index in [2.05, 4.69) is 4.98 Å². The molecule has 0 atom stereocenters. The summed E-state index contributed by atoms with van der Waals surface area (Å²) in [6, 6.07) is 5.80. The lowest BCUT2D eigenvalue weighted by Crippen LogP contribution is -2.36. The number of pyridine rings is 1. The van der Waals surface area contributed by atoms with E-state index in [0.29, 0.717) is 8.64 Å². The minimum atomic E-state index is -3.92. The summed E-state index contributed by atoms with van der Waals surface area (Å²) in [5.74, 6) is -0.564. The first-order valence-corrected chi connectivity index (χ1v) is 9.21. The summed E-state index contributed by atoms with van der Waals surface area (Å²) in [4.78, 5) is 16.8. The number of anilines is 1. The molecular weight excluding hydrogens is 364 g/mol. The Balaban J connectivity index is 2.59. The molecule has 0 aromatic carbocycles. The lowest BCUT2D eigenvalue weighted by atomic mass is 10.3. The van der Waals surface area contributed by atoms with Crippen molar-refractivity contribution in [3.63, 3.8) is 0 Å². The summed E-state index contributed by atoms with van der Waals surface area (Å²) in [5.41, 5.74) is -0.00896. The van der Waals surface area contributed by atoms with E-state index in [1.807, 2.05) is 0 Å². The summed E-state index contributed by atoms with van der Waals surface area (Å²) < 4.78 is 35.3. The Bertz CT molecular complexity index is 835. The number of halogens is 1. The van der Waals surface area contributed by atoms with Crippen LogP contribution >= 0.6 is 22.9 Å². The molecule has 0 radical (unpaired) electrons. The van der Waals surface area contributed by atoms with Gasteiger partial charge in [-0.15, -0.1) is 11.3 Å². The summed E-state index contributed by atoms with van der Waals surface area (Å²) in [6.45, 7) is 0. The Labute approximate surface area is 142 Å². The Morgan fingerprint density at radius 3 is 2.39 bits per heavy atom. The van der Waals surface area contributed by atoms with Crippen molar-refractivity contribution in [1.82, 2.24) is 4.98 Å². The van der Waals surface area contributed by atoms with Gasteiger partial charge in [-0.05, 0) is 18.2 Å². The highest BCUT2D eigenvalue weighted by Crippen LogP contribution is 2.33. The second kappa shape index (κ2) is 6.73. The van der Waals surface area contributed by atoms with Crippen LogP contribution in [-0.2, 0) is 10.0 Å². The average molecular weight is 377 g/mol. The van der Waals surface area contributed by atoms with Gasteiger partial charge in [0.05, 0.1) is 29.7 Å². The Morgan fingerprint density at radius 1 is 1.22 bits per heavy atom. The number of carbonyl (C=O) groups excluding carboxylic acids is 1. The molecule has 0 aliphatic heterocycles. The Kier molecular flexibility index (Phi) is 5.12. The smallest absolute Gasteiger partial charge is 0.282 e. The number of carbonyl (C=O) groups is 1. The van der Waals surface area contributed by atoms with Crippen LogP contribution in [0.5, 0.6) is 11.8 Å². The molecule has 0 aliphatic rings. The number of rotatable bonds is 5. The van der Waals surface area contributed by atoms with Crippen molar-refractivity contribution in [2.24, 2.45) is 0 Å². The average Bonchev–Trinajstić information content (AvgIpc) is 2.93. The van der Waals surface area contributed by atoms with Crippen molar-refractivity contribution in [2.45, 2.75) is 0 Å². The van der Waals surface area contributed by atoms with Crippen LogP contribution < -0.4 is 13.8 Å². The van der Waals surface area contributed by atoms with Gasteiger partial charge in [0.2, 0.25) is 21.8 Å². The van der Waals surface area contributed by atoms with E-state index in [-0.39, 0.29) is 22.3 Å². The molecular formula is C13H13ClN2O5S2. The summed E-state index contributed by atoms with van der Waals surface area (Å²) in [6.07, 6.45) is 0.920. The van der Waals surface area contributed by atoms with Crippen molar-refractivity contribution in [1.29, 1.82) is 0 Å². The minimum absolute atomic E-state index is 0.00896. The molecule has 0 bridgehead atoms. The molecule has 1 amide bonds. The number of aromatic nitrogens is 1. The van der Waals surface area contributed by atoms with Crippen LogP contribution in [0.3, 0.4) is 0 Å². The van der Waals surface area contributed by atoms with Crippen LogP contribution in [-0.4, -0.2) is 39.8 Å². The molecule has 0 aliphatic carbocycles. The van der Waals surface area contributed by atoms with Crippen molar-refractivity contribution in [3.8, 4) is 11.8 Å². The van der Waals surface area contributed by atoms with Crippen molar-refractivity contribution in [3.05, 3.63) is 33.5 Å². The Hall–Kier alpha value is -1.84. The van der Waals surface area contributed by atoms with Gasteiger partial charge in [-0.2, -0.15) is 9.29 Å². The van der Waals surface area contributed by atoms with E-state index < -0.39 is 15.9 Å². The maximum atomic E-state index is 12.6. The maximum absolute atomic E-state index is 12.6. The first-order valence-electron chi connectivity index (χ1n) is 6.17. The molecule has 2 rings (SSSR count). The third kappa shape index (κ3) is 3.74. The van der Waals surface area contributed by atoms with Gasteiger partial charge in [0, 0.05) is 6.07 Å². The van der Waals surface area contributed by atoms with Gasteiger partial charge >= 0.3 is 0 Å². The van der Waals surface area contributed by atoms with Crippen molar-refractivity contribution in [2.75, 3.05) is 24.8 Å². The van der Waals surface area contributed by atoms with E-state index >= 15 is 0 Å². The van der Waals surface area contributed by atoms with Gasteiger partial charge in [-0.3, -0.25) is 4.79 Å². The molecule has 0 saturated heterocycles. The maximum Gasteiger partial charge on any atom is 0.282 e. The molecule has 10 heteroatoms. The predicted molar refractivity (Wildman–Crippen MR) is 88.3 cm³/mol. The lowest BCUT2D eigenvalue weighted by molar-refractivity contribution is 0.101. The molecule has 2 aromatic heterocycles. The van der Waals surface area contributed by atoms with Gasteiger partial charge in [0.25, 0.3) is 5.91 Å². The van der Waals surface area contributed by atoms with Crippen LogP contribution in [0.2, 0.25) is 4.34 Å². The molecule has 0 fully saturated rings. The number of amides is 1. The zero-order chi connectivity index (χ0) is 17.2. The van der Waals surface area contributed by atoms with E-state index in [0.717, 1.165) is 17.6 Å². The molecule has 0 saturated carbocycles. The molecule has 0 spiro atoms. The fraction of sp³-hybridized carbons (Fsp3) is 0.231. The number of nitrogens with zero attached hydrogens (tertiary/aromatic N) is 2. The van der Waals surface area contributed by atoms with Crippen molar-refractivity contribution >= 4 is 44.6 Å². The van der Waals surface area contributed by atoms with Gasteiger partial charge in [0.15, 0.2) is 0 Å². The first kappa shape index (κ1) is 17.5. The van der Waals surface area contributed by atoms with Gasteiger partial charge in [0.1, 0.15) is 5.69 Å². The zero-order valence-electron chi connectivity index (χ0n) is 12.4. The van der Waals surface area contributed by atoms with E-state index in [1.54, 1.807) is 0 Å². The number of methoxy groups -OCH3 is 2. The van der Waals surface area contributed by atoms with Gasteiger partial charge in [-0.25, -0.2) is 8.42 Å². The largest absolute Gasteiger partial charge is 0.481 e. The number of hydrogen-bond donors (Lipinski definition) is 0. The van der Waals surface area contributed by atoms with Crippen molar-refractivity contribution < 1.29 is 22.7 Å². The highest BCUT2D eigenvalue weighted by atomic mass is 35.5. The lowest BCUT2D eigenvalue weighted by Gasteiger charge is -2.21. The molecule has 2 aromatic rings. The molecule has 124 valence electrons. The number of hydrogen-bond acceptors (Lipinski definition) is 7. The summed E-state index contributed by atoms with van der Waals surface area (Å²) in [5, 5.41) is 0. The number of thiophene rings is 1. The third-order valence-corrected chi connectivity index (χ3v) is 4.98. The quantitative estimate of drug-likeness (QED) is 0.796. The molecule has 0 unspecified atom stereocenters. The van der Waals surface area contributed by atoms with E-state index in [4.69, 9.17) is 21.1 Å². The monoisotopic (exact) mass is 376 g/mol. The second-order valence-electron chi connectivity index (χ2n) is 4.32. The fourth-order valence-corrected chi connectivity index (χ4v) is 3.73. The molecule has 23 heavy (non-hydrogen) atoms. The van der Waals surface area contributed by atoms with E-state index in [9.17, 15) is 13.2 Å². The standard InChI is InChI=1S/C13H13ClN2O5S2/c1-20-11-7-4-8(12(15-11)21-2)16(23(3,18)19)13(17)9-5-6-10(14)22-9/h4-7H,1-3H3. The zero-order valence-corrected chi connectivity index (χ0v) is 14.8. The highest BCUT2D eigenvalue weighted by Gasteiger charge is 2.31. The molecule has 0 N–H and O–H groups in total. The normalized spacial score (nSPS) is 11.1. The third-order valence-electron chi connectivity index (χ3n) is 2.74. The molecule has 7 nitrogen and oxygen atoms in total. The Morgan fingerprint density at radius 2 is 1.91 bits per heavy atom. The summed E-state index contributed by atoms with van der Waals surface area (Å²) >= 11 is 6.79. The SMILES string of the molecule is COc1ccc(N(C(=O)c2ccc(Cl)s2)S(C)(=O)=O)c(OC)n1. The number of ether oxygens (including phenoxy) is 2. The first-order chi connectivity index (χ1) is 10.8. The minimum Gasteiger partial charge on any atom is -0.481 e. The number of sulfonamides is 1. The van der Waals surface area contributed by atoms with Crippen LogP contribution in [0.15, 0.2) is 24.3 Å². The van der Waals surface area contributed by atoms with Gasteiger partial charge in [-0.1, -0.05) is 11.6 Å². The second-order valence-corrected chi connectivity index (χ2v) is 7.86. The van der Waals surface area contributed by atoms with E-state index in [1.165, 1.54) is 38.5 Å². The van der Waals surface area contributed by atoms with Crippen LogP contribution in [0.4, 0.5) is 5.69 Å². The van der Waals surface area contributed by atoms with Crippen LogP contribution in [0.1, 0.15) is 9.67 Å².